The summed E-state index contributed by atoms with van der Waals surface area (Å²) in [6.45, 7) is 1.42. The quantitative estimate of drug-likeness (QED) is 0.727. The summed E-state index contributed by atoms with van der Waals surface area (Å²) in [7, 11) is 0. The molecule has 0 aromatic heterocycles. The highest BCUT2D eigenvalue weighted by molar-refractivity contribution is 6.17. The van der Waals surface area contributed by atoms with E-state index in [0.717, 1.165) is 0 Å². The van der Waals surface area contributed by atoms with Crippen molar-refractivity contribution >= 4 is 17.4 Å². The number of alkyl halides is 3. The highest BCUT2D eigenvalue weighted by Crippen LogP contribution is 2.27. The van der Waals surface area contributed by atoms with Gasteiger partial charge in [-0.05, 0) is 18.1 Å². The number of halogens is 3. The maximum Gasteiger partial charge on any atom is 0.264 e. The molecule has 1 nitrogen and oxygen atoms in total. The van der Waals surface area contributed by atoms with Crippen LogP contribution in [0.15, 0.2) is 18.2 Å². The Morgan fingerprint density at radius 3 is 2.60 bits per heavy atom. The summed E-state index contributed by atoms with van der Waals surface area (Å²) in [6, 6.07) is 4.52. The molecule has 0 atom stereocenters. The van der Waals surface area contributed by atoms with Gasteiger partial charge in [0.2, 0.25) is 0 Å². The van der Waals surface area contributed by atoms with Gasteiger partial charge in [0, 0.05) is 17.9 Å². The van der Waals surface area contributed by atoms with Crippen molar-refractivity contribution < 1.29 is 13.6 Å². The number of carbonyl (C=O) groups excluding carboxylic acids is 1. The number of carbonyl (C=O) groups is 1. The first-order valence-electron chi connectivity index (χ1n) is 4.50. The summed E-state index contributed by atoms with van der Waals surface area (Å²) in [6.07, 6.45) is -2.39. The number of hydrogen-bond donors (Lipinski definition) is 0. The van der Waals surface area contributed by atoms with Gasteiger partial charge in [-0.2, -0.15) is 0 Å². The van der Waals surface area contributed by atoms with E-state index in [4.69, 9.17) is 11.6 Å². The second-order valence-corrected chi connectivity index (χ2v) is 3.57. The fourth-order valence-corrected chi connectivity index (χ4v) is 1.78. The van der Waals surface area contributed by atoms with Crippen LogP contribution in [0, 0.1) is 0 Å². The van der Waals surface area contributed by atoms with Gasteiger partial charge in [0.1, 0.15) is 5.78 Å². The van der Waals surface area contributed by atoms with Gasteiger partial charge in [0.05, 0.1) is 0 Å². The molecule has 1 aromatic carbocycles. The molecule has 0 radical (unpaired) electrons. The molecule has 0 saturated carbocycles. The predicted molar refractivity (Wildman–Crippen MR) is 55.3 cm³/mol. The summed E-state index contributed by atoms with van der Waals surface area (Å²) in [5.74, 6) is -0.0591. The molecule has 0 unspecified atom stereocenters. The molecule has 0 N–H and O–H groups in total. The fourth-order valence-electron chi connectivity index (χ4n) is 1.46. The van der Waals surface area contributed by atoms with Crippen LogP contribution < -0.4 is 0 Å². The van der Waals surface area contributed by atoms with Crippen molar-refractivity contribution in [3.63, 3.8) is 0 Å². The second kappa shape index (κ2) is 5.21. The lowest BCUT2D eigenvalue weighted by Crippen LogP contribution is -2.03. The Labute approximate surface area is 92.1 Å². The third kappa shape index (κ3) is 2.99. The van der Waals surface area contributed by atoms with E-state index in [1.807, 2.05) is 0 Å². The smallest absolute Gasteiger partial charge is 0.264 e. The van der Waals surface area contributed by atoms with Gasteiger partial charge >= 0.3 is 0 Å². The Balaban J connectivity index is 3.15. The highest BCUT2D eigenvalue weighted by atomic mass is 35.5. The van der Waals surface area contributed by atoms with Crippen molar-refractivity contribution in [1.82, 2.24) is 0 Å². The van der Waals surface area contributed by atoms with Crippen LogP contribution in [0.25, 0.3) is 0 Å². The third-order valence-corrected chi connectivity index (χ3v) is 2.38. The average Bonchev–Trinajstić information content (AvgIpc) is 2.16. The zero-order valence-corrected chi connectivity index (χ0v) is 9.02. The van der Waals surface area contributed by atoms with Crippen molar-refractivity contribution in [3.05, 3.63) is 34.9 Å². The maximum atomic E-state index is 12.6. The van der Waals surface area contributed by atoms with Gasteiger partial charge in [-0.3, -0.25) is 4.79 Å². The van der Waals surface area contributed by atoms with Crippen LogP contribution in [0.4, 0.5) is 8.78 Å². The normalized spacial score (nSPS) is 10.7. The fraction of sp³-hybridized carbons (Fsp3) is 0.364. The van der Waals surface area contributed by atoms with E-state index in [1.54, 1.807) is 6.07 Å². The zero-order chi connectivity index (χ0) is 11.4. The summed E-state index contributed by atoms with van der Waals surface area (Å²) in [5, 5.41) is 0. The number of Topliss-reactive ketones (excluding diaryl/α,β-unsaturated/α-hetero) is 1. The minimum absolute atomic E-state index is 0.00310. The first-order valence-corrected chi connectivity index (χ1v) is 5.04. The summed E-state index contributed by atoms with van der Waals surface area (Å²) in [5.41, 5.74) is 0.892. The molecule has 0 heterocycles. The SMILES string of the molecule is CC(=O)Cc1cccc(C(F)F)c1CCl. The molecule has 0 aliphatic carbocycles. The standard InChI is InChI=1S/C11H11ClF2O/c1-7(15)5-8-3-2-4-9(11(13)14)10(8)6-12/h2-4,11H,5-6H2,1H3. The molecule has 0 amide bonds. The molecular formula is C11H11ClF2O. The second-order valence-electron chi connectivity index (χ2n) is 3.30. The molecule has 0 spiro atoms. The lowest BCUT2D eigenvalue weighted by atomic mass is 9.99. The largest absolute Gasteiger partial charge is 0.300 e. The number of ketones is 1. The number of benzene rings is 1. The van der Waals surface area contributed by atoms with E-state index >= 15 is 0 Å². The van der Waals surface area contributed by atoms with E-state index in [0.29, 0.717) is 11.1 Å². The van der Waals surface area contributed by atoms with Crippen LogP contribution in [0.5, 0.6) is 0 Å². The van der Waals surface area contributed by atoms with Gasteiger partial charge in [0.15, 0.2) is 0 Å². The Morgan fingerprint density at radius 2 is 2.13 bits per heavy atom. The van der Waals surface area contributed by atoms with Crippen LogP contribution in [-0.2, 0) is 17.1 Å². The molecule has 0 fully saturated rings. The van der Waals surface area contributed by atoms with E-state index in [2.05, 4.69) is 0 Å². The minimum Gasteiger partial charge on any atom is -0.300 e. The van der Waals surface area contributed by atoms with Gasteiger partial charge in [0.25, 0.3) is 6.43 Å². The van der Waals surface area contributed by atoms with Crippen molar-refractivity contribution in [2.45, 2.75) is 25.7 Å². The monoisotopic (exact) mass is 232 g/mol. The lowest BCUT2D eigenvalue weighted by molar-refractivity contribution is -0.116. The van der Waals surface area contributed by atoms with Crippen molar-refractivity contribution in [1.29, 1.82) is 0 Å². The van der Waals surface area contributed by atoms with Crippen LogP contribution >= 0.6 is 11.6 Å². The Morgan fingerprint density at radius 1 is 1.47 bits per heavy atom. The Kier molecular flexibility index (Phi) is 4.21. The molecule has 15 heavy (non-hydrogen) atoms. The maximum absolute atomic E-state index is 12.6. The van der Waals surface area contributed by atoms with E-state index < -0.39 is 6.43 Å². The summed E-state index contributed by atoms with van der Waals surface area (Å²) < 4.78 is 25.2. The number of rotatable bonds is 4. The first kappa shape index (κ1) is 12.1. The van der Waals surface area contributed by atoms with Gasteiger partial charge in [-0.1, -0.05) is 18.2 Å². The Hall–Kier alpha value is -0.960. The molecule has 1 rings (SSSR count). The molecule has 0 aliphatic heterocycles. The van der Waals surface area contributed by atoms with E-state index in [1.165, 1.54) is 19.1 Å². The van der Waals surface area contributed by atoms with Gasteiger partial charge in [-0.15, -0.1) is 11.6 Å². The van der Waals surface area contributed by atoms with Crippen molar-refractivity contribution in [3.8, 4) is 0 Å². The van der Waals surface area contributed by atoms with Crippen LogP contribution in [0.1, 0.15) is 30.0 Å². The molecule has 82 valence electrons. The van der Waals surface area contributed by atoms with Gasteiger partial charge < -0.3 is 0 Å². The van der Waals surface area contributed by atoms with Crippen molar-refractivity contribution in [2.75, 3.05) is 0 Å². The molecular weight excluding hydrogens is 222 g/mol. The summed E-state index contributed by atoms with van der Waals surface area (Å²) >= 11 is 5.62. The molecule has 0 bridgehead atoms. The molecule has 4 heteroatoms. The topological polar surface area (TPSA) is 17.1 Å². The zero-order valence-electron chi connectivity index (χ0n) is 8.27. The van der Waals surface area contributed by atoms with Crippen LogP contribution in [0.2, 0.25) is 0 Å². The summed E-state index contributed by atoms with van der Waals surface area (Å²) in [4.78, 5) is 10.9. The van der Waals surface area contributed by atoms with E-state index in [-0.39, 0.29) is 23.6 Å². The van der Waals surface area contributed by atoms with E-state index in [9.17, 15) is 13.6 Å². The highest BCUT2D eigenvalue weighted by Gasteiger charge is 2.15. The first-order chi connectivity index (χ1) is 7.06. The van der Waals surface area contributed by atoms with Crippen LogP contribution in [0.3, 0.4) is 0 Å². The Bertz CT molecular complexity index is 364. The van der Waals surface area contributed by atoms with Crippen LogP contribution in [-0.4, -0.2) is 5.78 Å². The predicted octanol–water partition coefficient (Wildman–Crippen LogP) is 3.49. The average molecular weight is 233 g/mol. The lowest BCUT2D eigenvalue weighted by Gasteiger charge is -2.10. The third-order valence-electron chi connectivity index (χ3n) is 2.12. The minimum atomic E-state index is -2.55. The number of hydrogen-bond acceptors (Lipinski definition) is 1. The molecule has 0 aliphatic rings. The molecule has 1 aromatic rings. The van der Waals surface area contributed by atoms with Gasteiger partial charge in [-0.25, -0.2) is 8.78 Å². The molecule has 0 saturated heterocycles. The van der Waals surface area contributed by atoms with Crippen molar-refractivity contribution in [2.24, 2.45) is 0 Å².